The maximum Gasteiger partial charge on any atom is 0.258 e. The van der Waals surface area contributed by atoms with Crippen LogP contribution in [0, 0.1) is 6.92 Å². The average molecular weight is 287 g/mol. The van der Waals surface area contributed by atoms with Gasteiger partial charge >= 0.3 is 0 Å². The summed E-state index contributed by atoms with van der Waals surface area (Å²) in [6, 6.07) is 5.94. The summed E-state index contributed by atoms with van der Waals surface area (Å²) < 4.78 is 10.8. The van der Waals surface area contributed by atoms with Gasteiger partial charge < -0.3 is 14.2 Å². The monoisotopic (exact) mass is 287 g/mol. The van der Waals surface area contributed by atoms with E-state index in [0.717, 1.165) is 48.6 Å². The lowest BCUT2D eigenvalue weighted by atomic mass is 9.96. The Morgan fingerprint density at radius 2 is 2.05 bits per heavy atom. The minimum atomic E-state index is 0.408. The van der Waals surface area contributed by atoms with Gasteiger partial charge in [-0.15, -0.1) is 0 Å². The third kappa shape index (κ3) is 2.93. The molecule has 1 aromatic carbocycles. The lowest BCUT2D eigenvalue weighted by molar-refractivity contribution is 0.248. The normalized spacial score (nSPS) is 17.1. The molecule has 0 atom stereocenters. The maximum atomic E-state index is 5.44. The predicted molar refractivity (Wildman–Crippen MR) is 80.5 cm³/mol. The molecule has 1 aromatic heterocycles. The van der Waals surface area contributed by atoms with Crippen LogP contribution in [0.1, 0.15) is 30.1 Å². The van der Waals surface area contributed by atoms with Crippen molar-refractivity contribution in [3.63, 3.8) is 0 Å². The highest BCUT2D eigenvalue weighted by Crippen LogP contribution is 2.29. The van der Waals surface area contributed by atoms with Crippen LogP contribution >= 0.6 is 0 Å². The fourth-order valence-electron chi connectivity index (χ4n) is 2.74. The number of hydrogen-bond acceptors (Lipinski definition) is 5. The van der Waals surface area contributed by atoms with E-state index in [2.05, 4.69) is 22.1 Å². The predicted octanol–water partition coefficient (Wildman–Crippen LogP) is 2.86. The summed E-state index contributed by atoms with van der Waals surface area (Å²) in [5.41, 5.74) is 2.00. The Kier molecular flexibility index (Phi) is 3.92. The molecule has 21 heavy (non-hydrogen) atoms. The number of hydrogen-bond donors (Lipinski definition) is 0. The van der Waals surface area contributed by atoms with Crippen molar-refractivity contribution in [3.05, 3.63) is 29.6 Å². The van der Waals surface area contributed by atoms with Crippen molar-refractivity contribution in [1.29, 1.82) is 0 Å². The molecule has 5 heteroatoms. The van der Waals surface area contributed by atoms with Crippen molar-refractivity contribution in [2.75, 3.05) is 27.2 Å². The highest BCUT2D eigenvalue weighted by Gasteiger charge is 2.23. The summed E-state index contributed by atoms with van der Waals surface area (Å²) in [6.07, 6.45) is 2.18. The van der Waals surface area contributed by atoms with Crippen molar-refractivity contribution >= 4 is 0 Å². The first-order valence-corrected chi connectivity index (χ1v) is 7.34. The van der Waals surface area contributed by atoms with Crippen molar-refractivity contribution in [2.45, 2.75) is 25.7 Å². The number of nitrogens with zero attached hydrogens (tertiary/aromatic N) is 3. The van der Waals surface area contributed by atoms with Crippen LogP contribution in [0.5, 0.6) is 5.75 Å². The van der Waals surface area contributed by atoms with Crippen molar-refractivity contribution in [3.8, 4) is 17.2 Å². The van der Waals surface area contributed by atoms with Crippen LogP contribution in [-0.2, 0) is 0 Å². The molecule has 0 radical (unpaired) electrons. The minimum Gasteiger partial charge on any atom is -0.496 e. The van der Waals surface area contributed by atoms with Crippen molar-refractivity contribution in [2.24, 2.45) is 0 Å². The van der Waals surface area contributed by atoms with Gasteiger partial charge in [0, 0.05) is 11.5 Å². The van der Waals surface area contributed by atoms with E-state index >= 15 is 0 Å². The van der Waals surface area contributed by atoms with Gasteiger partial charge in [0.25, 0.3) is 5.89 Å². The Hall–Kier alpha value is -1.88. The molecular weight excluding hydrogens is 266 g/mol. The maximum absolute atomic E-state index is 5.44. The highest BCUT2D eigenvalue weighted by atomic mass is 16.5. The Morgan fingerprint density at radius 3 is 2.76 bits per heavy atom. The second kappa shape index (κ2) is 5.85. The summed E-state index contributed by atoms with van der Waals surface area (Å²) in [6.45, 7) is 4.19. The van der Waals surface area contributed by atoms with Crippen molar-refractivity contribution in [1.82, 2.24) is 15.0 Å². The molecule has 1 saturated heterocycles. The standard InChI is InChI=1S/C16H21N3O2/c1-11-4-5-13(10-14(11)20-3)16-17-15(18-21-16)12-6-8-19(2)9-7-12/h4-5,10,12H,6-9H2,1-3H3. The van der Waals surface area contributed by atoms with Gasteiger partial charge in [-0.05, 0) is 57.6 Å². The second-order valence-electron chi connectivity index (χ2n) is 5.72. The van der Waals surface area contributed by atoms with Crippen LogP contribution in [0.3, 0.4) is 0 Å². The molecule has 0 N–H and O–H groups in total. The van der Waals surface area contributed by atoms with E-state index < -0.39 is 0 Å². The van der Waals surface area contributed by atoms with E-state index in [0.29, 0.717) is 11.8 Å². The summed E-state index contributed by atoms with van der Waals surface area (Å²) in [5.74, 6) is 2.65. The number of ether oxygens (including phenoxy) is 1. The van der Waals surface area contributed by atoms with E-state index in [1.807, 2.05) is 25.1 Å². The molecule has 3 rings (SSSR count). The molecule has 0 amide bonds. The molecule has 2 aromatic rings. The molecule has 5 nitrogen and oxygen atoms in total. The summed E-state index contributed by atoms with van der Waals surface area (Å²) >= 11 is 0. The SMILES string of the molecule is COc1cc(-c2nc(C3CCN(C)CC3)no2)ccc1C. The number of likely N-dealkylation sites (tertiary alicyclic amines) is 1. The number of aromatic nitrogens is 2. The Balaban J connectivity index is 1.81. The number of piperidine rings is 1. The molecule has 1 fully saturated rings. The third-order valence-electron chi connectivity index (χ3n) is 4.18. The van der Waals surface area contributed by atoms with Gasteiger partial charge in [-0.2, -0.15) is 4.98 Å². The van der Waals surface area contributed by atoms with Crippen LogP contribution in [0.15, 0.2) is 22.7 Å². The second-order valence-corrected chi connectivity index (χ2v) is 5.72. The summed E-state index contributed by atoms with van der Waals surface area (Å²) in [5, 5.41) is 4.17. The number of benzene rings is 1. The zero-order valence-electron chi connectivity index (χ0n) is 12.8. The smallest absolute Gasteiger partial charge is 0.258 e. The van der Waals surface area contributed by atoms with E-state index in [1.165, 1.54) is 0 Å². The number of rotatable bonds is 3. The molecule has 1 aliphatic heterocycles. The van der Waals surface area contributed by atoms with E-state index in [1.54, 1.807) is 7.11 Å². The van der Waals surface area contributed by atoms with E-state index in [4.69, 9.17) is 9.26 Å². The van der Waals surface area contributed by atoms with Gasteiger partial charge in [0.1, 0.15) is 5.75 Å². The Morgan fingerprint density at radius 1 is 1.29 bits per heavy atom. The molecule has 112 valence electrons. The van der Waals surface area contributed by atoms with Crippen LogP contribution in [0.25, 0.3) is 11.5 Å². The van der Waals surface area contributed by atoms with E-state index in [-0.39, 0.29) is 0 Å². The number of methoxy groups -OCH3 is 1. The molecule has 0 aliphatic carbocycles. The minimum absolute atomic E-state index is 0.408. The fraction of sp³-hybridized carbons (Fsp3) is 0.500. The third-order valence-corrected chi connectivity index (χ3v) is 4.18. The molecule has 2 heterocycles. The van der Waals surface area contributed by atoms with Crippen LogP contribution in [-0.4, -0.2) is 42.3 Å². The largest absolute Gasteiger partial charge is 0.496 e. The topological polar surface area (TPSA) is 51.4 Å². The van der Waals surface area contributed by atoms with Gasteiger partial charge in [0.15, 0.2) is 5.82 Å². The van der Waals surface area contributed by atoms with Gasteiger partial charge in [-0.25, -0.2) is 0 Å². The molecular formula is C16H21N3O2. The van der Waals surface area contributed by atoms with Crippen LogP contribution in [0.2, 0.25) is 0 Å². The highest BCUT2D eigenvalue weighted by molar-refractivity contribution is 5.57. The lowest BCUT2D eigenvalue weighted by Gasteiger charge is -2.26. The quantitative estimate of drug-likeness (QED) is 0.869. The first kappa shape index (κ1) is 14.1. The summed E-state index contributed by atoms with van der Waals surface area (Å²) in [4.78, 5) is 6.92. The number of aryl methyl sites for hydroxylation is 1. The first-order chi connectivity index (χ1) is 10.2. The van der Waals surface area contributed by atoms with Gasteiger partial charge in [-0.3, -0.25) is 0 Å². The van der Waals surface area contributed by atoms with Gasteiger partial charge in [-0.1, -0.05) is 11.2 Å². The zero-order valence-corrected chi connectivity index (χ0v) is 12.8. The Labute approximate surface area is 124 Å². The first-order valence-electron chi connectivity index (χ1n) is 7.34. The zero-order chi connectivity index (χ0) is 14.8. The lowest BCUT2D eigenvalue weighted by Crippen LogP contribution is -2.29. The van der Waals surface area contributed by atoms with Gasteiger partial charge in [0.05, 0.1) is 7.11 Å². The fourth-order valence-corrected chi connectivity index (χ4v) is 2.74. The van der Waals surface area contributed by atoms with E-state index in [9.17, 15) is 0 Å². The van der Waals surface area contributed by atoms with Crippen LogP contribution < -0.4 is 4.74 Å². The van der Waals surface area contributed by atoms with Crippen molar-refractivity contribution < 1.29 is 9.26 Å². The Bertz CT molecular complexity index is 616. The molecule has 0 unspecified atom stereocenters. The summed E-state index contributed by atoms with van der Waals surface area (Å²) in [7, 11) is 3.82. The molecule has 0 spiro atoms. The average Bonchev–Trinajstić information content (AvgIpc) is 2.98. The molecule has 0 bridgehead atoms. The molecule has 1 aliphatic rings. The van der Waals surface area contributed by atoms with Crippen LogP contribution in [0.4, 0.5) is 0 Å². The molecule has 0 saturated carbocycles. The van der Waals surface area contributed by atoms with Gasteiger partial charge in [0.2, 0.25) is 0 Å².